The van der Waals surface area contributed by atoms with E-state index in [0.717, 1.165) is 22.6 Å². The number of pyridine rings is 1. The minimum absolute atomic E-state index is 0.0659. The topological polar surface area (TPSA) is 83.0 Å². The molecule has 1 aromatic carbocycles. The lowest BCUT2D eigenvalue weighted by Crippen LogP contribution is -2.65. The van der Waals surface area contributed by atoms with Crippen LogP contribution in [0.25, 0.3) is 0 Å². The van der Waals surface area contributed by atoms with Crippen LogP contribution >= 0.6 is 0 Å². The smallest absolute Gasteiger partial charge is 0.407 e. The van der Waals surface area contributed by atoms with Gasteiger partial charge in [0.2, 0.25) is 5.91 Å². The molecule has 1 N–H and O–H groups in total. The summed E-state index contributed by atoms with van der Waals surface area (Å²) in [6.07, 6.45) is 2.32. The lowest BCUT2D eigenvalue weighted by Gasteiger charge is -2.45. The zero-order valence-electron chi connectivity index (χ0n) is 13.7. The molecule has 4 rings (SSSR count). The van der Waals surface area contributed by atoms with Gasteiger partial charge in [-0.2, -0.15) is 0 Å². The highest BCUT2D eigenvalue weighted by Gasteiger charge is 2.59. The predicted molar refractivity (Wildman–Crippen MR) is 89.7 cm³/mol. The molecular weight excluding hydrogens is 322 g/mol. The van der Waals surface area contributed by atoms with Crippen molar-refractivity contribution < 1.29 is 19.4 Å². The van der Waals surface area contributed by atoms with E-state index in [1.165, 1.54) is 4.90 Å². The number of hydrogen-bond donors (Lipinski definition) is 1. The van der Waals surface area contributed by atoms with Gasteiger partial charge in [-0.1, -0.05) is 12.1 Å². The van der Waals surface area contributed by atoms with Gasteiger partial charge in [0, 0.05) is 19.3 Å². The molecule has 1 spiro atoms. The summed E-state index contributed by atoms with van der Waals surface area (Å²) in [5, 5.41) is 9.14. The van der Waals surface area contributed by atoms with E-state index in [9.17, 15) is 9.59 Å². The summed E-state index contributed by atoms with van der Waals surface area (Å²) in [5.41, 5.74) is 1.81. The number of ether oxygens (including phenoxy) is 1. The number of nitrogens with zero attached hydrogens (tertiary/aromatic N) is 3. The first-order valence-corrected chi connectivity index (χ1v) is 7.92. The van der Waals surface area contributed by atoms with Gasteiger partial charge < -0.3 is 19.6 Å². The van der Waals surface area contributed by atoms with Crippen molar-refractivity contribution in [2.24, 2.45) is 0 Å². The maximum absolute atomic E-state index is 13.1. The van der Waals surface area contributed by atoms with Crippen LogP contribution in [-0.4, -0.2) is 47.2 Å². The number of aromatic nitrogens is 1. The molecule has 2 aromatic rings. The quantitative estimate of drug-likeness (QED) is 0.923. The Kier molecular flexibility index (Phi) is 3.38. The third kappa shape index (κ3) is 2.23. The molecular formula is C18H17N3O4. The monoisotopic (exact) mass is 339 g/mol. The van der Waals surface area contributed by atoms with Crippen LogP contribution in [0.1, 0.15) is 11.1 Å². The van der Waals surface area contributed by atoms with Crippen molar-refractivity contribution in [2.45, 2.75) is 12.0 Å². The normalized spacial score (nSPS) is 17.4. The number of rotatable bonds is 3. The number of hydrogen-bond acceptors (Lipinski definition) is 4. The summed E-state index contributed by atoms with van der Waals surface area (Å²) >= 11 is 0. The summed E-state index contributed by atoms with van der Waals surface area (Å²) in [5.74, 6) is 0.690. The number of benzene rings is 1. The number of amides is 2. The molecule has 25 heavy (non-hydrogen) atoms. The maximum atomic E-state index is 13.1. The second-order valence-electron chi connectivity index (χ2n) is 6.35. The first kappa shape index (κ1) is 15.4. The fourth-order valence-corrected chi connectivity index (χ4v) is 3.61. The number of carbonyl (C=O) groups is 2. The van der Waals surface area contributed by atoms with Crippen molar-refractivity contribution in [3.05, 3.63) is 53.9 Å². The van der Waals surface area contributed by atoms with Crippen LogP contribution in [0.2, 0.25) is 0 Å². The van der Waals surface area contributed by atoms with Gasteiger partial charge in [0.05, 0.1) is 25.5 Å². The molecule has 128 valence electrons. The van der Waals surface area contributed by atoms with E-state index in [4.69, 9.17) is 9.84 Å². The second kappa shape index (κ2) is 5.47. The molecule has 2 amide bonds. The van der Waals surface area contributed by atoms with Crippen LogP contribution in [0.15, 0.2) is 42.7 Å². The molecule has 0 aliphatic carbocycles. The molecule has 2 aliphatic rings. The second-order valence-corrected chi connectivity index (χ2v) is 6.35. The summed E-state index contributed by atoms with van der Waals surface area (Å²) in [6, 6.07) is 9.35. The molecule has 7 heteroatoms. The van der Waals surface area contributed by atoms with Crippen molar-refractivity contribution in [1.82, 2.24) is 9.88 Å². The van der Waals surface area contributed by atoms with Crippen molar-refractivity contribution in [3.8, 4) is 5.75 Å². The van der Waals surface area contributed by atoms with Crippen LogP contribution in [0.5, 0.6) is 5.75 Å². The van der Waals surface area contributed by atoms with Gasteiger partial charge in [-0.3, -0.25) is 9.78 Å². The standard InChI is InChI=1S/C18H17N3O4/c1-25-13-4-2-12(3-5-13)9-21-15-8-19-7-6-14(15)18(16(21)22)10-20(11-18)17(23)24/h2-8H,9-11H2,1H3,(H,23,24). The molecule has 2 aliphatic heterocycles. The largest absolute Gasteiger partial charge is 0.497 e. The Bertz CT molecular complexity index is 844. The first-order chi connectivity index (χ1) is 12.0. The van der Waals surface area contributed by atoms with Gasteiger partial charge >= 0.3 is 6.09 Å². The number of likely N-dealkylation sites (tertiary alicyclic amines) is 1. The van der Waals surface area contributed by atoms with E-state index in [1.807, 2.05) is 30.3 Å². The molecule has 1 fully saturated rings. The van der Waals surface area contributed by atoms with Crippen LogP contribution in [0, 0.1) is 0 Å². The Labute approximate surface area is 144 Å². The average molecular weight is 339 g/mol. The molecule has 0 bridgehead atoms. The summed E-state index contributed by atoms with van der Waals surface area (Å²) in [6.45, 7) is 0.797. The van der Waals surface area contributed by atoms with Crippen LogP contribution in [0.4, 0.5) is 10.5 Å². The lowest BCUT2D eigenvalue weighted by atomic mass is 9.75. The minimum Gasteiger partial charge on any atom is -0.497 e. The van der Waals surface area contributed by atoms with Crippen LogP contribution < -0.4 is 9.64 Å². The summed E-state index contributed by atoms with van der Waals surface area (Å²) < 4.78 is 5.16. The van der Waals surface area contributed by atoms with Gasteiger partial charge in [0.15, 0.2) is 0 Å². The third-order valence-electron chi connectivity index (χ3n) is 4.95. The van der Waals surface area contributed by atoms with Crippen molar-refractivity contribution in [3.63, 3.8) is 0 Å². The Morgan fingerprint density at radius 2 is 2.00 bits per heavy atom. The van der Waals surface area contributed by atoms with Gasteiger partial charge in [-0.15, -0.1) is 0 Å². The van der Waals surface area contributed by atoms with E-state index < -0.39 is 11.5 Å². The lowest BCUT2D eigenvalue weighted by molar-refractivity contribution is -0.128. The number of fused-ring (bicyclic) bond motifs is 2. The molecule has 0 radical (unpaired) electrons. The highest BCUT2D eigenvalue weighted by molar-refractivity contribution is 6.09. The highest BCUT2D eigenvalue weighted by atomic mass is 16.5. The summed E-state index contributed by atoms with van der Waals surface area (Å²) in [7, 11) is 1.61. The van der Waals surface area contributed by atoms with E-state index in [-0.39, 0.29) is 19.0 Å². The molecule has 1 saturated heterocycles. The van der Waals surface area contributed by atoms with E-state index in [0.29, 0.717) is 6.54 Å². The van der Waals surface area contributed by atoms with E-state index in [1.54, 1.807) is 24.4 Å². The van der Waals surface area contributed by atoms with Crippen LogP contribution in [0.3, 0.4) is 0 Å². The Balaban J connectivity index is 1.65. The third-order valence-corrected chi connectivity index (χ3v) is 4.95. The molecule has 0 unspecified atom stereocenters. The van der Waals surface area contributed by atoms with Gasteiger partial charge in [0.1, 0.15) is 11.2 Å². The van der Waals surface area contributed by atoms with Crippen molar-refractivity contribution in [2.75, 3.05) is 25.1 Å². The minimum atomic E-state index is -0.998. The Hall–Kier alpha value is -3.09. The summed E-state index contributed by atoms with van der Waals surface area (Å²) in [4.78, 5) is 31.4. The van der Waals surface area contributed by atoms with Gasteiger partial charge in [0.25, 0.3) is 0 Å². The SMILES string of the molecule is COc1ccc(CN2C(=O)C3(CN(C(=O)O)C3)c3ccncc32)cc1. The van der Waals surface area contributed by atoms with Crippen molar-refractivity contribution in [1.29, 1.82) is 0 Å². The Morgan fingerprint density at radius 3 is 2.64 bits per heavy atom. The predicted octanol–water partition coefficient (Wildman–Crippen LogP) is 1.87. The van der Waals surface area contributed by atoms with Gasteiger partial charge in [-0.25, -0.2) is 4.79 Å². The molecule has 3 heterocycles. The number of carboxylic acid groups (broad SMARTS) is 1. The highest BCUT2D eigenvalue weighted by Crippen LogP contribution is 2.47. The molecule has 0 atom stereocenters. The molecule has 1 aromatic heterocycles. The van der Waals surface area contributed by atoms with Gasteiger partial charge in [-0.05, 0) is 29.3 Å². The first-order valence-electron chi connectivity index (χ1n) is 7.92. The Morgan fingerprint density at radius 1 is 1.28 bits per heavy atom. The fraction of sp³-hybridized carbons (Fsp3) is 0.278. The number of methoxy groups -OCH3 is 1. The fourth-order valence-electron chi connectivity index (χ4n) is 3.61. The van der Waals surface area contributed by atoms with E-state index in [2.05, 4.69) is 4.98 Å². The molecule has 7 nitrogen and oxygen atoms in total. The zero-order valence-corrected chi connectivity index (χ0v) is 13.7. The number of anilines is 1. The maximum Gasteiger partial charge on any atom is 0.407 e. The van der Waals surface area contributed by atoms with E-state index >= 15 is 0 Å². The van der Waals surface area contributed by atoms with Crippen LogP contribution in [-0.2, 0) is 16.8 Å². The number of carbonyl (C=O) groups excluding carboxylic acids is 1. The molecule has 0 saturated carbocycles. The van der Waals surface area contributed by atoms with Crippen molar-refractivity contribution >= 4 is 17.7 Å². The zero-order chi connectivity index (χ0) is 17.6. The average Bonchev–Trinajstić information content (AvgIpc) is 2.83.